The van der Waals surface area contributed by atoms with E-state index in [1.165, 1.54) is 7.11 Å². The van der Waals surface area contributed by atoms with Crippen LogP contribution >= 0.6 is 0 Å². The summed E-state index contributed by atoms with van der Waals surface area (Å²) in [4.78, 5) is 14.2. The lowest BCUT2D eigenvalue weighted by molar-refractivity contribution is -0.121. The van der Waals surface area contributed by atoms with E-state index in [1.54, 1.807) is 41.3 Å². The number of amides is 1. The Morgan fingerprint density at radius 1 is 1.19 bits per heavy atom. The van der Waals surface area contributed by atoms with Gasteiger partial charge >= 0.3 is 0 Å². The molecule has 1 aliphatic rings. The van der Waals surface area contributed by atoms with Crippen molar-refractivity contribution in [2.24, 2.45) is 5.92 Å². The van der Waals surface area contributed by atoms with Crippen LogP contribution in [0, 0.1) is 12.8 Å². The predicted molar refractivity (Wildman–Crippen MR) is 106 cm³/mol. The first-order chi connectivity index (χ1) is 12.7. The van der Waals surface area contributed by atoms with E-state index in [9.17, 15) is 13.2 Å². The van der Waals surface area contributed by atoms with Gasteiger partial charge in [0.05, 0.1) is 7.11 Å². The van der Waals surface area contributed by atoms with Gasteiger partial charge in [-0.3, -0.25) is 9.52 Å². The molecule has 1 heterocycles. The Labute approximate surface area is 160 Å². The number of carbonyl (C=O) groups excluding carboxylic acids is 1. The molecule has 0 unspecified atom stereocenters. The van der Waals surface area contributed by atoms with Gasteiger partial charge in [-0.25, -0.2) is 8.42 Å². The summed E-state index contributed by atoms with van der Waals surface area (Å²) in [5, 5.41) is 0. The molecule has 0 saturated carbocycles. The van der Waals surface area contributed by atoms with Crippen molar-refractivity contribution in [3.8, 4) is 5.75 Å². The highest BCUT2D eigenvalue weighted by Crippen LogP contribution is 2.33. The highest BCUT2D eigenvalue weighted by atomic mass is 32.2. The van der Waals surface area contributed by atoms with Gasteiger partial charge in [0.2, 0.25) is 5.91 Å². The van der Waals surface area contributed by atoms with E-state index in [0.29, 0.717) is 24.4 Å². The third kappa shape index (κ3) is 3.78. The molecule has 7 heteroatoms. The molecule has 0 atom stereocenters. The monoisotopic (exact) mass is 388 g/mol. The number of hydrogen-bond donors (Lipinski definition) is 1. The predicted octanol–water partition coefficient (Wildman–Crippen LogP) is 3.35. The standard InChI is InChI=1S/C20H24N2O4S/c1-13(2)20(23)22-10-9-15-12-16(6-7-17(15)22)21-27(24,25)19-11-14(3)5-8-18(19)26-4/h5-8,11-13,21H,9-10H2,1-4H3. The summed E-state index contributed by atoms with van der Waals surface area (Å²) in [6.45, 7) is 6.19. The highest BCUT2D eigenvalue weighted by Gasteiger charge is 2.27. The smallest absolute Gasteiger partial charge is 0.265 e. The van der Waals surface area contributed by atoms with E-state index < -0.39 is 10.0 Å². The van der Waals surface area contributed by atoms with Gasteiger partial charge in [0.25, 0.3) is 10.0 Å². The third-order valence-corrected chi connectivity index (χ3v) is 6.00. The average molecular weight is 388 g/mol. The molecule has 1 amide bonds. The van der Waals surface area contributed by atoms with Gasteiger partial charge in [0, 0.05) is 23.8 Å². The normalized spacial score (nSPS) is 13.6. The van der Waals surface area contributed by atoms with Crippen molar-refractivity contribution in [3.63, 3.8) is 0 Å². The first kappa shape index (κ1) is 19.2. The van der Waals surface area contributed by atoms with Crippen LogP contribution in [0.15, 0.2) is 41.3 Å². The molecule has 1 aliphatic heterocycles. The molecule has 27 heavy (non-hydrogen) atoms. The maximum absolute atomic E-state index is 12.8. The van der Waals surface area contributed by atoms with Crippen molar-refractivity contribution < 1.29 is 17.9 Å². The molecule has 2 aromatic carbocycles. The molecule has 0 fully saturated rings. The van der Waals surface area contributed by atoms with Crippen LogP contribution in [-0.4, -0.2) is 28.0 Å². The average Bonchev–Trinajstić information content (AvgIpc) is 3.03. The Morgan fingerprint density at radius 3 is 2.59 bits per heavy atom. The Balaban J connectivity index is 1.90. The van der Waals surface area contributed by atoms with Gasteiger partial charge in [0.1, 0.15) is 10.6 Å². The lowest BCUT2D eigenvalue weighted by Gasteiger charge is -2.20. The summed E-state index contributed by atoms with van der Waals surface area (Å²) in [6, 6.07) is 10.3. The van der Waals surface area contributed by atoms with Crippen molar-refractivity contribution in [1.82, 2.24) is 0 Å². The summed E-state index contributed by atoms with van der Waals surface area (Å²) >= 11 is 0. The first-order valence-corrected chi connectivity index (χ1v) is 10.3. The van der Waals surface area contributed by atoms with Crippen LogP contribution in [0.5, 0.6) is 5.75 Å². The maximum Gasteiger partial charge on any atom is 0.265 e. The molecule has 1 N–H and O–H groups in total. The van der Waals surface area contributed by atoms with Crippen molar-refractivity contribution >= 4 is 27.3 Å². The van der Waals surface area contributed by atoms with E-state index >= 15 is 0 Å². The van der Waals surface area contributed by atoms with Gasteiger partial charge < -0.3 is 9.64 Å². The number of rotatable bonds is 5. The Bertz CT molecular complexity index is 983. The summed E-state index contributed by atoms with van der Waals surface area (Å²) in [5.74, 6) is 0.289. The second-order valence-electron chi connectivity index (χ2n) is 7.00. The molecule has 144 valence electrons. The van der Waals surface area contributed by atoms with Crippen LogP contribution in [0.1, 0.15) is 25.0 Å². The minimum Gasteiger partial charge on any atom is -0.495 e. The number of anilines is 2. The van der Waals surface area contributed by atoms with Crippen molar-refractivity contribution in [2.75, 3.05) is 23.3 Å². The highest BCUT2D eigenvalue weighted by molar-refractivity contribution is 7.92. The largest absolute Gasteiger partial charge is 0.495 e. The maximum atomic E-state index is 12.8. The van der Waals surface area contributed by atoms with E-state index in [4.69, 9.17) is 4.74 Å². The van der Waals surface area contributed by atoms with Gasteiger partial charge in [0.15, 0.2) is 0 Å². The van der Waals surface area contributed by atoms with Gasteiger partial charge in [-0.2, -0.15) is 0 Å². The van der Waals surface area contributed by atoms with Crippen LogP contribution < -0.4 is 14.4 Å². The van der Waals surface area contributed by atoms with Gasteiger partial charge in [-0.1, -0.05) is 19.9 Å². The zero-order valence-corrected chi connectivity index (χ0v) is 16.8. The number of sulfonamides is 1. The molecule has 0 radical (unpaired) electrons. The lowest BCUT2D eigenvalue weighted by Crippen LogP contribution is -2.32. The van der Waals surface area contributed by atoms with E-state index in [-0.39, 0.29) is 16.7 Å². The summed E-state index contributed by atoms with van der Waals surface area (Å²) in [7, 11) is -2.35. The fourth-order valence-corrected chi connectivity index (χ4v) is 4.51. The number of benzene rings is 2. The second kappa shape index (κ2) is 7.23. The summed E-state index contributed by atoms with van der Waals surface area (Å²) < 4.78 is 33.5. The Hall–Kier alpha value is -2.54. The number of methoxy groups -OCH3 is 1. The van der Waals surface area contributed by atoms with E-state index in [1.807, 2.05) is 20.8 Å². The minimum absolute atomic E-state index is 0.0755. The zero-order valence-electron chi connectivity index (χ0n) is 15.9. The van der Waals surface area contributed by atoms with Crippen LogP contribution in [0.3, 0.4) is 0 Å². The topological polar surface area (TPSA) is 75.7 Å². The van der Waals surface area contributed by atoms with Crippen LogP contribution in [0.2, 0.25) is 0 Å². The number of ether oxygens (including phenoxy) is 1. The third-order valence-electron chi connectivity index (χ3n) is 4.60. The SMILES string of the molecule is COc1ccc(C)cc1S(=O)(=O)Nc1ccc2c(c1)CCN2C(=O)C(C)C. The first-order valence-electron chi connectivity index (χ1n) is 8.84. The van der Waals surface area contributed by atoms with Crippen LogP contribution in [-0.2, 0) is 21.2 Å². The number of fused-ring (bicyclic) bond motifs is 1. The zero-order chi connectivity index (χ0) is 19.8. The number of nitrogens with zero attached hydrogens (tertiary/aromatic N) is 1. The van der Waals surface area contributed by atoms with Crippen LogP contribution in [0.25, 0.3) is 0 Å². The summed E-state index contributed by atoms with van der Waals surface area (Å²) in [5.41, 5.74) is 3.11. The number of nitrogens with one attached hydrogen (secondary N) is 1. The molecule has 2 aromatic rings. The van der Waals surface area contributed by atoms with Crippen molar-refractivity contribution in [1.29, 1.82) is 0 Å². The quantitative estimate of drug-likeness (QED) is 0.852. The second-order valence-corrected chi connectivity index (χ2v) is 8.65. The summed E-state index contributed by atoms with van der Waals surface area (Å²) in [6.07, 6.45) is 0.705. The minimum atomic E-state index is -3.79. The van der Waals surface area contributed by atoms with Gasteiger partial charge in [-0.15, -0.1) is 0 Å². The molecule has 6 nitrogen and oxygen atoms in total. The molecule has 0 aliphatic carbocycles. The Morgan fingerprint density at radius 2 is 1.93 bits per heavy atom. The van der Waals surface area contributed by atoms with E-state index in [0.717, 1.165) is 16.8 Å². The number of aryl methyl sites for hydroxylation is 1. The molecule has 0 bridgehead atoms. The number of hydrogen-bond acceptors (Lipinski definition) is 4. The van der Waals surface area contributed by atoms with Crippen molar-refractivity contribution in [3.05, 3.63) is 47.5 Å². The van der Waals surface area contributed by atoms with Gasteiger partial charge in [-0.05, 0) is 54.8 Å². The number of carbonyl (C=O) groups is 1. The molecular weight excluding hydrogens is 364 g/mol. The molecule has 0 saturated heterocycles. The molecule has 0 spiro atoms. The molecular formula is C20H24N2O4S. The van der Waals surface area contributed by atoms with Crippen LogP contribution in [0.4, 0.5) is 11.4 Å². The molecule has 0 aromatic heterocycles. The fourth-order valence-electron chi connectivity index (χ4n) is 3.21. The van der Waals surface area contributed by atoms with Crippen molar-refractivity contribution in [2.45, 2.75) is 32.1 Å². The van der Waals surface area contributed by atoms with E-state index in [2.05, 4.69) is 4.72 Å². The fraction of sp³-hybridized carbons (Fsp3) is 0.350. The lowest BCUT2D eigenvalue weighted by atomic mass is 10.1. The Kier molecular flexibility index (Phi) is 5.15. The molecule has 3 rings (SSSR count).